The van der Waals surface area contributed by atoms with Gasteiger partial charge in [-0.05, 0) is 35.4 Å². The fourth-order valence-electron chi connectivity index (χ4n) is 2.38. The van der Waals surface area contributed by atoms with E-state index in [1.165, 1.54) is 6.08 Å². The van der Waals surface area contributed by atoms with Crippen molar-refractivity contribution in [1.82, 2.24) is 9.97 Å². The molecular formula is C20H16N2O5. The summed E-state index contributed by atoms with van der Waals surface area (Å²) in [5.74, 6) is -0.674. The van der Waals surface area contributed by atoms with Crippen molar-refractivity contribution in [2.75, 3.05) is 6.61 Å². The summed E-state index contributed by atoms with van der Waals surface area (Å²) in [7, 11) is 0. The van der Waals surface area contributed by atoms with E-state index in [4.69, 9.17) is 9.84 Å². The van der Waals surface area contributed by atoms with Gasteiger partial charge in [-0.25, -0.2) is 4.79 Å². The molecule has 0 radical (unpaired) electrons. The monoisotopic (exact) mass is 364 g/mol. The smallest absolute Gasteiger partial charge is 0.341 e. The summed E-state index contributed by atoms with van der Waals surface area (Å²) < 4.78 is 5.04. The molecule has 0 fully saturated rings. The van der Waals surface area contributed by atoms with Crippen molar-refractivity contribution in [2.45, 2.75) is 0 Å². The Morgan fingerprint density at radius 2 is 1.37 bits per heavy atom. The van der Waals surface area contributed by atoms with Crippen molar-refractivity contribution in [3.8, 4) is 5.75 Å². The summed E-state index contributed by atoms with van der Waals surface area (Å²) >= 11 is 0. The number of carbonyl (C=O) groups is 1. The Morgan fingerprint density at radius 1 is 0.852 bits per heavy atom. The first-order chi connectivity index (χ1) is 13.0. The van der Waals surface area contributed by atoms with Crippen LogP contribution in [0.15, 0.2) is 64.2 Å². The van der Waals surface area contributed by atoms with Crippen molar-refractivity contribution in [3.05, 3.63) is 97.1 Å². The average Bonchev–Trinajstić information content (AvgIpc) is 2.66. The first kappa shape index (κ1) is 17.9. The summed E-state index contributed by atoms with van der Waals surface area (Å²) in [6.45, 7) is -0.435. The van der Waals surface area contributed by atoms with Crippen LogP contribution in [-0.4, -0.2) is 27.7 Å². The number of H-pyrrole nitrogens is 2. The Hall–Kier alpha value is -3.87. The predicted molar refractivity (Wildman–Crippen MR) is 100 cm³/mol. The van der Waals surface area contributed by atoms with Crippen LogP contribution in [-0.2, 0) is 4.79 Å². The first-order valence-electron chi connectivity index (χ1n) is 8.07. The van der Waals surface area contributed by atoms with Crippen LogP contribution in [0.4, 0.5) is 0 Å². The number of benzene rings is 2. The molecule has 1 heterocycles. The van der Waals surface area contributed by atoms with Crippen LogP contribution >= 0.6 is 0 Å². The molecular weight excluding hydrogens is 348 g/mol. The average molecular weight is 364 g/mol. The molecule has 136 valence electrons. The topological polar surface area (TPSA) is 112 Å². The third-order valence-electron chi connectivity index (χ3n) is 3.65. The predicted octanol–water partition coefficient (Wildman–Crippen LogP) is 0.184. The molecule has 0 unspecified atom stereocenters. The van der Waals surface area contributed by atoms with Crippen LogP contribution in [0.25, 0.3) is 12.2 Å². The summed E-state index contributed by atoms with van der Waals surface area (Å²) in [4.78, 5) is 40.1. The SMILES string of the molecule is O=C(O)COc1ccc(/C=c2\[nH]c(=O)/c(=C/c3ccccc3)[nH]c2=O)cc1. The maximum atomic E-state index is 12.3. The third kappa shape index (κ3) is 4.82. The fraction of sp³-hybridized carbons (Fsp3) is 0.0500. The highest BCUT2D eigenvalue weighted by Crippen LogP contribution is 2.12. The van der Waals surface area contributed by atoms with Gasteiger partial charge < -0.3 is 19.8 Å². The van der Waals surface area contributed by atoms with Crippen LogP contribution < -0.4 is 26.6 Å². The molecule has 3 aromatic rings. The molecule has 0 amide bonds. The van der Waals surface area contributed by atoms with Gasteiger partial charge in [-0.1, -0.05) is 42.5 Å². The molecule has 0 aliphatic heterocycles. The van der Waals surface area contributed by atoms with Crippen molar-refractivity contribution in [1.29, 1.82) is 0 Å². The Kier molecular flexibility index (Phi) is 5.32. The van der Waals surface area contributed by atoms with E-state index in [2.05, 4.69) is 9.97 Å². The molecule has 0 atom stereocenters. The van der Waals surface area contributed by atoms with Gasteiger partial charge in [0, 0.05) is 0 Å². The number of aliphatic carboxylic acids is 1. The molecule has 0 aliphatic carbocycles. The van der Waals surface area contributed by atoms with E-state index in [0.717, 1.165) is 5.56 Å². The van der Waals surface area contributed by atoms with Gasteiger partial charge in [-0.2, -0.15) is 0 Å². The van der Waals surface area contributed by atoms with Crippen molar-refractivity contribution >= 4 is 18.1 Å². The number of ether oxygens (including phenoxy) is 1. The lowest BCUT2D eigenvalue weighted by Gasteiger charge is -2.02. The second-order valence-electron chi connectivity index (χ2n) is 5.69. The van der Waals surface area contributed by atoms with E-state index >= 15 is 0 Å². The molecule has 2 aromatic carbocycles. The summed E-state index contributed by atoms with van der Waals surface area (Å²) in [6.07, 6.45) is 3.12. The standard InChI is InChI=1S/C20H16N2O5/c23-18(24)12-27-15-8-6-14(7-9-15)11-17-20(26)21-16(19(25)22-17)10-13-4-2-1-3-5-13/h1-11H,12H2,(H,21,26)(H,22,25)(H,23,24)/b16-10-,17-11-. The molecule has 0 saturated carbocycles. The molecule has 7 nitrogen and oxygen atoms in total. The largest absolute Gasteiger partial charge is 0.482 e. The molecule has 0 bridgehead atoms. The molecule has 3 rings (SSSR count). The van der Waals surface area contributed by atoms with E-state index in [1.807, 2.05) is 30.3 Å². The van der Waals surface area contributed by atoms with Gasteiger partial charge in [0.1, 0.15) is 16.4 Å². The Morgan fingerprint density at radius 3 is 1.89 bits per heavy atom. The minimum atomic E-state index is -1.07. The lowest BCUT2D eigenvalue weighted by molar-refractivity contribution is -0.139. The van der Waals surface area contributed by atoms with Crippen molar-refractivity contribution in [2.24, 2.45) is 0 Å². The molecule has 0 saturated heterocycles. The van der Waals surface area contributed by atoms with E-state index < -0.39 is 23.7 Å². The van der Waals surface area contributed by atoms with Gasteiger partial charge in [0.25, 0.3) is 11.1 Å². The fourth-order valence-corrected chi connectivity index (χ4v) is 2.38. The third-order valence-corrected chi connectivity index (χ3v) is 3.65. The highest BCUT2D eigenvalue weighted by molar-refractivity contribution is 5.68. The Bertz CT molecular complexity index is 1180. The summed E-state index contributed by atoms with van der Waals surface area (Å²) in [5, 5.41) is 8.87. The Balaban J connectivity index is 1.92. The van der Waals surface area contributed by atoms with Crippen LogP contribution in [0.2, 0.25) is 0 Å². The van der Waals surface area contributed by atoms with Crippen LogP contribution in [0.1, 0.15) is 11.1 Å². The zero-order valence-electron chi connectivity index (χ0n) is 14.1. The highest BCUT2D eigenvalue weighted by atomic mass is 16.5. The number of hydrogen-bond acceptors (Lipinski definition) is 4. The van der Waals surface area contributed by atoms with E-state index in [9.17, 15) is 14.4 Å². The molecule has 7 heteroatoms. The van der Waals surface area contributed by atoms with Crippen LogP contribution in [0.5, 0.6) is 5.75 Å². The van der Waals surface area contributed by atoms with Crippen LogP contribution in [0, 0.1) is 0 Å². The summed E-state index contributed by atoms with van der Waals surface area (Å²) in [5.41, 5.74) is 0.611. The lowest BCUT2D eigenvalue weighted by atomic mass is 10.2. The number of rotatable bonds is 5. The van der Waals surface area contributed by atoms with Gasteiger partial charge in [0.2, 0.25) is 0 Å². The zero-order valence-corrected chi connectivity index (χ0v) is 14.1. The normalized spacial score (nSPS) is 12.1. The van der Waals surface area contributed by atoms with E-state index in [0.29, 0.717) is 11.3 Å². The minimum absolute atomic E-state index is 0.115. The number of carboxylic acid groups (broad SMARTS) is 1. The van der Waals surface area contributed by atoms with Gasteiger partial charge in [-0.15, -0.1) is 0 Å². The highest BCUT2D eigenvalue weighted by Gasteiger charge is 2.00. The van der Waals surface area contributed by atoms with Crippen molar-refractivity contribution in [3.63, 3.8) is 0 Å². The molecule has 3 N–H and O–H groups in total. The molecule has 0 spiro atoms. The number of aromatic amines is 2. The Labute approximate surface area is 152 Å². The zero-order chi connectivity index (χ0) is 19.2. The van der Waals surface area contributed by atoms with E-state index in [1.54, 1.807) is 30.3 Å². The number of aromatic nitrogens is 2. The second kappa shape index (κ2) is 8.01. The van der Waals surface area contributed by atoms with Gasteiger partial charge in [0.05, 0.1) is 0 Å². The second-order valence-corrected chi connectivity index (χ2v) is 5.69. The lowest BCUT2D eigenvalue weighted by Crippen LogP contribution is -2.46. The number of nitrogens with one attached hydrogen (secondary N) is 2. The molecule has 27 heavy (non-hydrogen) atoms. The number of carboxylic acids is 1. The maximum absolute atomic E-state index is 12.3. The minimum Gasteiger partial charge on any atom is -0.482 e. The van der Waals surface area contributed by atoms with Crippen molar-refractivity contribution < 1.29 is 14.6 Å². The van der Waals surface area contributed by atoms with E-state index in [-0.39, 0.29) is 10.7 Å². The summed E-state index contributed by atoms with van der Waals surface area (Å²) in [6, 6.07) is 15.7. The van der Waals surface area contributed by atoms with Gasteiger partial charge in [-0.3, -0.25) is 9.59 Å². The number of hydrogen-bond donors (Lipinski definition) is 3. The maximum Gasteiger partial charge on any atom is 0.341 e. The molecule has 0 aliphatic rings. The molecule has 1 aromatic heterocycles. The quantitative estimate of drug-likeness (QED) is 0.598. The van der Waals surface area contributed by atoms with Gasteiger partial charge in [0.15, 0.2) is 6.61 Å². The van der Waals surface area contributed by atoms with Crippen LogP contribution in [0.3, 0.4) is 0 Å². The van der Waals surface area contributed by atoms with Gasteiger partial charge >= 0.3 is 5.97 Å². The first-order valence-corrected chi connectivity index (χ1v) is 8.07.